The number of nitrogens with two attached hydrogens (primary N) is 2. The zero-order valence-electron chi connectivity index (χ0n) is 12.2. The SMILES string of the molecule is NC(N)NC1C=CC(C2CCNC2C2=CC(Cl)=C(F)CC2)=N1. The molecule has 6 N–H and O–H groups in total. The maximum absolute atomic E-state index is 13.4. The zero-order valence-corrected chi connectivity index (χ0v) is 13.0. The van der Waals surface area contributed by atoms with Crippen LogP contribution in [0.5, 0.6) is 0 Å². The molecule has 3 unspecified atom stereocenters. The fourth-order valence-electron chi connectivity index (χ4n) is 3.29. The molecule has 0 amide bonds. The minimum absolute atomic E-state index is 0.163. The summed E-state index contributed by atoms with van der Waals surface area (Å²) in [6.07, 6.45) is 7.05. The van der Waals surface area contributed by atoms with Gasteiger partial charge in [0.1, 0.15) is 18.3 Å². The van der Waals surface area contributed by atoms with Gasteiger partial charge < -0.3 is 16.8 Å². The van der Waals surface area contributed by atoms with Crippen LogP contribution in [0.25, 0.3) is 0 Å². The number of rotatable bonds is 4. The van der Waals surface area contributed by atoms with Gasteiger partial charge in [-0.1, -0.05) is 17.2 Å². The van der Waals surface area contributed by atoms with Gasteiger partial charge in [0.25, 0.3) is 0 Å². The first-order chi connectivity index (χ1) is 10.5. The second kappa shape index (κ2) is 6.60. The van der Waals surface area contributed by atoms with Gasteiger partial charge >= 0.3 is 0 Å². The van der Waals surface area contributed by atoms with E-state index in [0.717, 1.165) is 24.3 Å². The number of hydrogen-bond donors (Lipinski definition) is 4. The fraction of sp³-hybridized carbons (Fsp3) is 0.533. The Morgan fingerprint density at radius 2 is 2.23 bits per heavy atom. The van der Waals surface area contributed by atoms with Crippen LogP contribution in [0.2, 0.25) is 0 Å². The molecule has 2 heterocycles. The predicted octanol–water partition coefficient (Wildman–Crippen LogP) is 1.23. The second-order valence-corrected chi connectivity index (χ2v) is 6.26. The second-order valence-electron chi connectivity index (χ2n) is 5.85. The number of nitrogens with zero attached hydrogens (tertiary/aromatic N) is 1. The van der Waals surface area contributed by atoms with E-state index in [2.05, 4.69) is 15.6 Å². The van der Waals surface area contributed by atoms with Crippen molar-refractivity contribution in [3.8, 4) is 0 Å². The van der Waals surface area contributed by atoms with E-state index in [1.54, 1.807) is 6.08 Å². The van der Waals surface area contributed by atoms with Gasteiger partial charge in [0.15, 0.2) is 0 Å². The van der Waals surface area contributed by atoms with Gasteiger partial charge in [0, 0.05) is 24.1 Å². The van der Waals surface area contributed by atoms with Gasteiger partial charge in [-0.15, -0.1) is 0 Å². The minimum Gasteiger partial charge on any atom is -0.310 e. The smallest absolute Gasteiger partial charge is 0.121 e. The standard InChI is InChI=1S/C15H21ClFN5/c16-10-7-8(1-2-11(10)17)14-9(5-6-20-14)12-3-4-13(21-12)22-15(18)19/h3-4,7,9,13-15,20,22H,1-2,5-6,18-19H2. The molecule has 1 saturated heterocycles. The van der Waals surface area contributed by atoms with Crippen LogP contribution in [0.3, 0.4) is 0 Å². The molecular formula is C15H21ClFN5. The normalized spacial score (nSPS) is 32.0. The molecule has 0 radical (unpaired) electrons. The van der Waals surface area contributed by atoms with Crippen molar-refractivity contribution in [2.45, 2.75) is 37.8 Å². The molecule has 2 aliphatic heterocycles. The Hall–Kier alpha value is -1.05. The van der Waals surface area contributed by atoms with Crippen molar-refractivity contribution in [3.05, 3.63) is 34.7 Å². The Labute approximate surface area is 134 Å². The van der Waals surface area contributed by atoms with E-state index in [0.29, 0.717) is 12.8 Å². The van der Waals surface area contributed by atoms with Crippen LogP contribution in [0, 0.1) is 5.92 Å². The lowest BCUT2D eigenvalue weighted by Gasteiger charge is -2.24. The zero-order chi connectivity index (χ0) is 15.7. The summed E-state index contributed by atoms with van der Waals surface area (Å²) in [5, 5.41) is 6.69. The molecule has 3 aliphatic rings. The average molecular weight is 326 g/mol. The molecule has 0 bridgehead atoms. The van der Waals surface area contributed by atoms with Gasteiger partial charge in [-0.25, -0.2) is 4.39 Å². The van der Waals surface area contributed by atoms with E-state index in [9.17, 15) is 4.39 Å². The van der Waals surface area contributed by atoms with Crippen LogP contribution in [0.1, 0.15) is 19.3 Å². The lowest BCUT2D eigenvalue weighted by Crippen LogP contribution is -2.48. The molecule has 3 atom stereocenters. The molecule has 22 heavy (non-hydrogen) atoms. The van der Waals surface area contributed by atoms with Crippen molar-refractivity contribution >= 4 is 17.3 Å². The van der Waals surface area contributed by atoms with Crippen LogP contribution in [-0.4, -0.2) is 30.8 Å². The summed E-state index contributed by atoms with van der Waals surface area (Å²) in [5.41, 5.74) is 13.2. The Morgan fingerprint density at radius 3 is 2.95 bits per heavy atom. The van der Waals surface area contributed by atoms with E-state index in [-0.39, 0.29) is 29.0 Å². The van der Waals surface area contributed by atoms with Gasteiger partial charge in [-0.05, 0) is 37.6 Å². The van der Waals surface area contributed by atoms with Crippen molar-refractivity contribution in [3.63, 3.8) is 0 Å². The summed E-state index contributed by atoms with van der Waals surface area (Å²) < 4.78 is 13.4. The van der Waals surface area contributed by atoms with Crippen LogP contribution in [-0.2, 0) is 0 Å². The minimum atomic E-state index is -0.594. The maximum Gasteiger partial charge on any atom is 0.121 e. The summed E-state index contributed by atoms with van der Waals surface area (Å²) in [4.78, 5) is 4.64. The highest BCUT2D eigenvalue weighted by molar-refractivity contribution is 6.31. The molecule has 0 spiro atoms. The summed E-state index contributed by atoms with van der Waals surface area (Å²) in [6, 6.07) is 0.163. The molecule has 3 rings (SSSR count). The largest absolute Gasteiger partial charge is 0.310 e. The van der Waals surface area contributed by atoms with E-state index < -0.39 is 6.29 Å². The third-order valence-corrected chi connectivity index (χ3v) is 4.62. The van der Waals surface area contributed by atoms with Crippen molar-refractivity contribution < 1.29 is 4.39 Å². The van der Waals surface area contributed by atoms with Crippen molar-refractivity contribution in [2.75, 3.05) is 6.54 Å². The monoisotopic (exact) mass is 325 g/mol. The Morgan fingerprint density at radius 1 is 1.41 bits per heavy atom. The van der Waals surface area contributed by atoms with Crippen molar-refractivity contribution in [2.24, 2.45) is 22.4 Å². The molecule has 1 fully saturated rings. The number of aliphatic imine (C=N–C) groups is 1. The number of nitrogens with one attached hydrogen (secondary N) is 2. The topological polar surface area (TPSA) is 88.5 Å². The van der Waals surface area contributed by atoms with Gasteiger partial charge in [0.2, 0.25) is 0 Å². The Bertz CT molecular complexity index is 566. The Balaban J connectivity index is 1.75. The van der Waals surface area contributed by atoms with Crippen LogP contribution in [0.4, 0.5) is 4.39 Å². The first-order valence-electron chi connectivity index (χ1n) is 7.55. The number of halogens is 2. The third-order valence-electron chi connectivity index (χ3n) is 4.31. The van der Waals surface area contributed by atoms with E-state index >= 15 is 0 Å². The summed E-state index contributed by atoms with van der Waals surface area (Å²) in [7, 11) is 0. The van der Waals surface area contributed by atoms with E-state index in [4.69, 9.17) is 23.1 Å². The number of allylic oxidation sites excluding steroid dienone is 4. The van der Waals surface area contributed by atoms with E-state index in [1.165, 1.54) is 0 Å². The molecule has 7 heteroatoms. The Kier molecular flexibility index (Phi) is 4.75. The highest BCUT2D eigenvalue weighted by atomic mass is 35.5. The van der Waals surface area contributed by atoms with Crippen LogP contribution < -0.4 is 22.1 Å². The lowest BCUT2D eigenvalue weighted by atomic mass is 9.86. The van der Waals surface area contributed by atoms with Crippen molar-refractivity contribution in [1.82, 2.24) is 10.6 Å². The van der Waals surface area contributed by atoms with Gasteiger partial charge in [-0.3, -0.25) is 10.3 Å². The summed E-state index contributed by atoms with van der Waals surface area (Å²) in [5.74, 6) is 0.0493. The van der Waals surface area contributed by atoms with E-state index in [1.807, 2.05) is 12.2 Å². The maximum atomic E-state index is 13.4. The first kappa shape index (κ1) is 15.8. The molecule has 0 aromatic rings. The molecule has 0 aromatic heterocycles. The summed E-state index contributed by atoms with van der Waals surface area (Å²) in [6.45, 7) is 0.915. The highest BCUT2D eigenvalue weighted by Gasteiger charge is 2.34. The lowest BCUT2D eigenvalue weighted by molar-refractivity contribution is 0.502. The van der Waals surface area contributed by atoms with Gasteiger partial charge in [-0.2, -0.15) is 0 Å². The van der Waals surface area contributed by atoms with Crippen molar-refractivity contribution in [1.29, 1.82) is 0 Å². The summed E-state index contributed by atoms with van der Waals surface area (Å²) >= 11 is 5.95. The van der Waals surface area contributed by atoms with Crippen LogP contribution >= 0.6 is 11.6 Å². The molecule has 0 saturated carbocycles. The average Bonchev–Trinajstić information content (AvgIpc) is 3.09. The number of hydrogen-bond acceptors (Lipinski definition) is 5. The quantitative estimate of drug-likeness (QED) is 0.585. The molecule has 120 valence electrons. The van der Waals surface area contributed by atoms with Crippen LogP contribution in [0.15, 0.2) is 39.7 Å². The first-order valence-corrected chi connectivity index (χ1v) is 7.93. The molecule has 5 nitrogen and oxygen atoms in total. The predicted molar refractivity (Wildman–Crippen MR) is 86.9 cm³/mol. The van der Waals surface area contributed by atoms with Gasteiger partial charge in [0.05, 0.1) is 5.03 Å². The molecule has 1 aliphatic carbocycles. The molecule has 0 aromatic carbocycles. The fourth-order valence-corrected chi connectivity index (χ4v) is 3.52. The third kappa shape index (κ3) is 3.31. The highest BCUT2D eigenvalue weighted by Crippen LogP contribution is 2.34. The molecular weight excluding hydrogens is 305 g/mol.